The number of aromatic nitrogens is 2. The number of hydrogen-bond acceptors (Lipinski definition) is 3. The van der Waals surface area contributed by atoms with Gasteiger partial charge in [-0.1, -0.05) is 30.4 Å². The van der Waals surface area contributed by atoms with Gasteiger partial charge < -0.3 is 10.0 Å². The Balaban J connectivity index is 2.12. The summed E-state index contributed by atoms with van der Waals surface area (Å²) in [5.74, 6) is 1.01. The number of aryl methyl sites for hydroxylation is 1. The second kappa shape index (κ2) is 5.51. The second-order valence-corrected chi connectivity index (χ2v) is 5.00. The number of hydrogen-bond donors (Lipinski definition) is 1. The lowest BCUT2D eigenvalue weighted by Crippen LogP contribution is -2.29. The molecule has 0 fully saturated rings. The monoisotopic (exact) mass is 269 g/mol. The van der Waals surface area contributed by atoms with Crippen molar-refractivity contribution >= 4 is 5.82 Å². The van der Waals surface area contributed by atoms with Gasteiger partial charge in [0.2, 0.25) is 0 Å². The van der Waals surface area contributed by atoms with Crippen LogP contribution in [-0.4, -0.2) is 28.0 Å². The molecule has 104 valence electrons. The quantitative estimate of drug-likeness (QED) is 0.870. The Bertz CT molecular complexity index is 616. The van der Waals surface area contributed by atoms with Gasteiger partial charge in [-0.3, -0.25) is 0 Å². The van der Waals surface area contributed by atoms with Crippen LogP contribution >= 0.6 is 0 Å². The summed E-state index contributed by atoms with van der Waals surface area (Å²) in [6, 6.07) is 10.1. The third kappa shape index (κ3) is 2.23. The maximum atomic E-state index is 9.69. The summed E-state index contributed by atoms with van der Waals surface area (Å²) in [6.45, 7) is 3.80. The van der Waals surface area contributed by atoms with Crippen molar-refractivity contribution < 1.29 is 5.11 Å². The molecule has 2 heterocycles. The Morgan fingerprint density at radius 2 is 2.00 bits per heavy atom. The molecule has 0 saturated heterocycles. The van der Waals surface area contributed by atoms with Gasteiger partial charge in [0.1, 0.15) is 5.82 Å². The van der Waals surface area contributed by atoms with E-state index >= 15 is 0 Å². The molecule has 0 unspecified atom stereocenters. The highest BCUT2D eigenvalue weighted by atomic mass is 16.3. The van der Waals surface area contributed by atoms with Crippen LogP contribution in [0.3, 0.4) is 0 Å². The Kier molecular flexibility index (Phi) is 3.56. The topological polar surface area (TPSA) is 41.3 Å². The molecule has 1 aromatic heterocycles. The van der Waals surface area contributed by atoms with E-state index in [0.29, 0.717) is 0 Å². The summed E-state index contributed by atoms with van der Waals surface area (Å²) in [5, 5.41) is 14.3. The smallest absolute Gasteiger partial charge is 0.138 e. The summed E-state index contributed by atoms with van der Waals surface area (Å²) in [4.78, 5) is 2.28. The number of aliphatic hydroxyl groups excluding tert-OH is 1. The molecule has 0 aliphatic carbocycles. The van der Waals surface area contributed by atoms with Gasteiger partial charge in [-0.25, -0.2) is 4.68 Å². The van der Waals surface area contributed by atoms with E-state index in [1.165, 1.54) is 0 Å². The fraction of sp³-hybridized carbons (Fsp3) is 0.312. The largest absolute Gasteiger partial charge is 0.391 e. The first-order chi connectivity index (χ1) is 9.81. The van der Waals surface area contributed by atoms with E-state index in [0.717, 1.165) is 42.3 Å². The Labute approximate surface area is 119 Å². The minimum absolute atomic E-state index is 0.0220. The Morgan fingerprint density at radius 3 is 2.65 bits per heavy atom. The molecule has 1 aliphatic heterocycles. The average molecular weight is 269 g/mol. The molecule has 4 nitrogen and oxygen atoms in total. The number of benzene rings is 1. The Morgan fingerprint density at radius 1 is 1.20 bits per heavy atom. The molecule has 0 radical (unpaired) electrons. The molecule has 1 aromatic carbocycles. The van der Waals surface area contributed by atoms with E-state index in [2.05, 4.69) is 22.2 Å². The fourth-order valence-electron chi connectivity index (χ4n) is 2.64. The fourth-order valence-corrected chi connectivity index (χ4v) is 2.64. The van der Waals surface area contributed by atoms with E-state index in [1.807, 2.05) is 41.9 Å². The molecule has 4 heteroatoms. The zero-order chi connectivity index (χ0) is 13.9. The molecular formula is C16H19N3O. The van der Waals surface area contributed by atoms with Gasteiger partial charge in [0.25, 0.3) is 0 Å². The van der Waals surface area contributed by atoms with Crippen molar-refractivity contribution in [3.8, 4) is 5.69 Å². The van der Waals surface area contributed by atoms with Gasteiger partial charge in [-0.2, -0.15) is 5.10 Å². The predicted octanol–water partition coefficient (Wildman–Crippen LogP) is 2.44. The molecule has 0 bridgehead atoms. The van der Waals surface area contributed by atoms with Crippen molar-refractivity contribution in [3.63, 3.8) is 0 Å². The molecule has 0 saturated carbocycles. The highest BCUT2D eigenvalue weighted by Gasteiger charge is 2.21. The molecule has 20 heavy (non-hydrogen) atoms. The van der Waals surface area contributed by atoms with Crippen molar-refractivity contribution in [2.45, 2.75) is 20.0 Å². The minimum Gasteiger partial charge on any atom is -0.391 e. The average Bonchev–Trinajstić information content (AvgIpc) is 2.85. The van der Waals surface area contributed by atoms with Crippen LogP contribution in [0.4, 0.5) is 5.82 Å². The highest BCUT2D eigenvalue weighted by molar-refractivity contribution is 5.56. The van der Waals surface area contributed by atoms with Crippen LogP contribution in [0, 0.1) is 6.92 Å². The van der Waals surface area contributed by atoms with E-state index in [9.17, 15) is 5.11 Å². The first-order valence-electron chi connectivity index (χ1n) is 6.96. The normalized spacial score (nSPS) is 14.8. The maximum Gasteiger partial charge on any atom is 0.138 e. The SMILES string of the molecule is Cc1nn(-c2ccccc2)c(N2CC=CCC2)c1CO. The van der Waals surface area contributed by atoms with Gasteiger partial charge in [0.05, 0.1) is 18.0 Å². The number of anilines is 1. The second-order valence-electron chi connectivity index (χ2n) is 5.00. The van der Waals surface area contributed by atoms with Gasteiger partial charge in [-0.15, -0.1) is 0 Å². The van der Waals surface area contributed by atoms with Crippen LogP contribution in [0.25, 0.3) is 5.69 Å². The third-order valence-corrected chi connectivity index (χ3v) is 3.67. The summed E-state index contributed by atoms with van der Waals surface area (Å²) in [5.41, 5.74) is 2.84. The van der Waals surface area contributed by atoms with Crippen molar-refractivity contribution in [2.75, 3.05) is 18.0 Å². The van der Waals surface area contributed by atoms with Crippen molar-refractivity contribution in [1.29, 1.82) is 0 Å². The summed E-state index contributed by atoms with van der Waals surface area (Å²) >= 11 is 0. The lowest BCUT2D eigenvalue weighted by molar-refractivity contribution is 0.281. The molecule has 0 amide bonds. The van der Waals surface area contributed by atoms with Crippen molar-refractivity contribution in [3.05, 3.63) is 53.7 Å². The third-order valence-electron chi connectivity index (χ3n) is 3.67. The summed E-state index contributed by atoms with van der Waals surface area (Å²) < 4.78 is 1.94. The van der Waals surface area contributed by atoms with Crippen molar-refractivity contribution in [2.24, 2.45) is 0 Å². The summed E-state index contributed by atoms with van der Waals surface area (Å²) in [6.07, 6.45) is 5.40. The number of nitrogens with zero attached hydrogens (tertiary/aromatic N) is 3. The molecule has 0 spiro atoms. The molecular weight excluding hydrogens is 250 g/mol. The van der Waals surface area contributed by atoms with E-state index in [1.54, 1.807) is 0 Å². The van der Waals surface area contributed by atoms with Gasteiger partial charge in [0, 0.05) is 18.7 Å². The van der Waals surface area contributed by atoms with Crippen LogP contribution in [-0.2, 0) is 6.61 Å². The van der Waals surface area contributed by atoms with Crippen molar-refractivity contribution in [1.82, 2.24) is 9.78 Å². The zero-order valence-corrected chi connectivity index (χ0v) is 11.7. The molecule has 1 N–H and O–H groups in total. The van der Waals surface area contributed by atoms with E-state index < -0.39 is 0 Å². The molecule has 2 aromatic rings. The van der Waals surface area contributed by atoms with E-state index in [-0.39, 0.29) is 6.61 Å². The first kappa shape index (κ1) is 12.9. The van der Waals surface area contributed by atoms with Crippen LogP contribution in [0.5, 0.6) is 0 Å². The lowest BCUT2D eigenvalue weighted by Gasteiger charge is -2.27. The standard InChI is InChI=1S/C16H19N3O/c1-13-15(12-20)16(18-10-6-3-7-11-18)19(17-13)14-8-4-2-5-9-14/h2-6,8-9,20H,7,10-12H2,1H3. The summed E-state index contributed by atoms with van der Waals surface area (Å²) in [7, 11) is 0. The van der Waals surface area contributed by atoms with Crippen LogP contribution < -0.4 is 4.90 Å². The zero-order valence-electron chi connectivity index (χ0n) is 11.7. The van der Waals surface area contributed by atoms with Crippen LogP contribution in [0.1, 0.15) is 17.7 Å². The van der Waals surface area contributed by atoms with Gasteiger partial charge in [0.15, 0.2) is 0 Å². The minimum atomic E-state index is 0.0220. The number of rotatable bonds is 3. The van der Waals surface area contributed by atoms with Crippen LogP contribution in [0.15, 0.2) is 42.5 Å². The predicted molar refractivity (Wildman–Crippen MR) is 80.2 cm³/mol. The van der Waals surface area contributed by atoms with Crippen LogP contribution in [0.2, 0.25) is 0 Å². The molecule has 3 rings (SSSR count). The molecule has 1 aliphatic rings. The first-order valence-corrected chi connectivity index (χ1v) is 6.96. The number of para-hydroxylation sites is 1. The maximum absolute atomic E-state index is 9.69. The van der Waals surface area contributed by atoms with Gasteiger partial charge in [-0.05, 0) is 25.5 Å². The Hall–Kier alpha value is -2.07. The highest BCUT2D eigenvalue weighted by Crippen LogP contribution is 2.28. The van der Waals surface area contributed by atoms with E-state index in [4.69, 9.17) is 0 Å². The lowest BCUT2D eigenvalue weighted by atomic mass is 10.2. The molecule has 0 atom stereocenters. The van der Waals surface area contributed by atoms with Gasteiger partial charge >= 0.3 is 0 Å². The number of aliphatic hydroxyl groups is 1.